The van der Waals surface area contributed by atoms with E-state index in [1.807, 2.05) is 37.5 Å². The molecule has 1 saturated carbocycles. The van der Waals surface area contributed by atoms with E-state index in [1.54, 1.807) is 25.7 Å². The van der Waals surface area contributed by atoms with Gasteiger partial charge in [-0.3, -0.25) is 4.79 Å². The normalized spacial score (nSPS) is 19.1. The second kappa shape index (κ2) is 10.7. The molecule has 4 heterocycles. The number of ether oxygens (including phenoxy) is 1. The molecule has 1 aliphatic heterocycles. The van der Waals surface area contributed by atoms with E-state index in [9.17, 15) is 9.59 Å². The first kappa shape index (κ1) is 27.6. The van der Waals surface area contributed by atoms with Crippen molar-refractivity contribution >= 4 is 34.1 Å². The summed E-state index contributed by atoms with van der Waals surface area (Å²) in [6.45, 7) is 6.83. The lowest BCUT2D eigenvalue weighted by atomic mass is 9.99. The zero-order chi connectivity index (χ0) is 29.6. The summed E-state index contributed by atoms with van der Waals surface area (Å²) in [7, 11) is 1.99. The second-order valence-electron chi connectivity index (χ2n) is 12.3. The molecule has 3 aromatic heterocycles. The number of amides is 2. The number of likely N-dealkylation sites (tertiary alicyclic amines) is 1. The number of pyridine rings is 1. The van der Waals surface area contributed by atoms with E-state index >= 15 is 0 Å². The molecule has 4 aromatic rings. The number of carbonyl (C=O) groups is 2. The Kier molecular flexibility index (Phi) is 7.02. The van der Waals surface area contributed by atoms with Crippen molar-refractivity contribution in [2.45, 2.75) is 64.3 Å². The highest BCUT2D eigenvalue weighted by Crippen LogP contribution is 2.36. The Morgan fingerprint density at radius 2 is 2.00 bits per heavy atom. The lowest BCUT2D eigenvalue weighted by Crippen LogP contribution is -2.56. The Bertz CT molecular complexity index is 1720. The number of nitrogens with zero attached hydrogens (tertiary/aromatic N) is 8. The van der Waals surface area contributed by atoms with Crippen molar-refractivity contribution < 1.29 is 14.3 Å². The van der Waals surface area contributed by atoms with E-state index in [0.717, 1.165) is 40.1 Å². The molecular weight excluding hydrogens is 534 g/mol. The number of aromatic nitrogens is 4. The van der Waals surface area contributed by atoms with E-state index in [-0.39, 0.29) is 12.5 Å². The fraction of sp³-hybridized carbons (Fsp3) is 0.467. The van der Waals surface area contributed by atoms with Crippen LogP contribution in [0.15, 0.2) is 47.7 Å². The lowest BCUT2D eigenvalue weighted by molar-refractivity contribution is 0.0437. The van der Waals surface area contributed by atoms with Gasteiger partial charge in [0.2, 0.25) is 0 Å². The SMILES string of the molecule is Cn1c(-c2cc3cccnc3n2CC2CC2)nc2cc(C(=O)N3CC[C@H](N=[N+]=[N-])[C@H](NC(=O)OC(C)(C)C)C3)ccc21. The molecule has 2 fully saturated rings. The first-order chi connectivity index (χ1) is 20.1. The van der Waals surface area contributed by atoms with Gasteiger partial charge in [-0.2, -0.15) is 0 Å². The maximum atomic E-state index is 13.7. The highest BCUT2D eigenvalue weighted by Gasteiger charge is 2.34. The molecule has 0 spiro atoms. The van der Waals surface area contributed by atoms with Crippen LogP contribution in [0.4, 0.5) is 4.79 Å². The number of fused-ring (bicyclic) bond motifs is 2. The first-order valence-electron chi connectivity index (χ1n) is 14.4. The van der Waals surface area contributed by atoms with Crippen molar-refractivity contribution in [1.82, 2.24) is 29.3 Å². The van der Waals surface area contributed by atoms with Gasteiger partial charge in [0.05, 0.1) is 28.8 Å². The van der Waals surface area contributed by atoms with Crippen LogP contribution in [0.1, 0.15) is 50.4 Å². The van der Waals surface area contributed by atoms with Crippen molar-refractivity contribution in [2.75, 3.05) is 13.1 Å². The maximum Gasteiger partial charge on any atom is 0.407 e. The van der Waals surface area contributed by atoms with Gasteiger partial charge in [0.1, 0.15) is 11.2 Å². The lowest BCUT2D eigenvalue weighted by Gasteiger charge is -2.37. The molecule has 218 valence electrons. The van der Waals surface area contributed by atoms with Gasteiger partial charge in [0.25, 0.3) is 5.91 Å². The van der Waals surface area contributed by atoms with Crippen LogP contribution >= 0.6 is 0 Å². The van der Waals surface area contributed by atoms with Gasteiger partial charge in [-0.05, 0) is 87.9 Å². The molecule has 2 atom stereocenters. The monoisotopic (exact) mass is 569 g/mol. The van der Waals surface area contributed by atoms with Crippen LogP contribution in [-0.2, 0) is 18.3 Å². The fourth-order valence-electron chi connectivity index (χ4n) is 5.69. The van der Waals surface area contributed by atoms with E-state index in [2.05, 4.69) is 41.6 Å². The number of benzene rings is 1. The molecule has 12 nitrogen and oxygen atoms in total. The van der Waals surface area contributed by atoms with E-state index in [1.165, 1.54) is 12.8 Å². The van der Waals surface area contributed by atoms with Crippen LogP contribution in [0.5, 0.6) is 0 Å². The molecule has 12 heteroatoms. The Morgan fingerprint density at radius 3 is 2.74 bits per heavy atom. The quantitative estimate of drug-likeness (QED) is 0.187. The summed E-state index contributed by atoms with van der Waals surface area (Å²) < 4.78 is 9.73. The van der Waals surface area contributed by atoms with E-state index in [4.69, 9.17) is 15.3 Å². The van der Waals surface area contributed by atoms with Crippen molar-refractivity contribution in [3.63, 3.8) is 0 Å². The maximum absolute atomic E-state index is 13.7. The third-order valence-electron chi connectivity index (χ3n) is 7.92. The first-order valence-corrected chi connectivity index (χ1v) is 14.4. The Balaban J connectivity index is 1.27. The molecule has 1 aliphatic carbocycles. The molecule has 0 bridgehead atoms. The van der Waals surface area contributed by atoms with Crippen molar-refractivity contribution in [2.24, 2.45) is 18.1 Å². The summed E-state index contributed by atoms with van der Waals surface area (Å²) in [5.41, 5.74) is 12.5. The summed E-state index contributed by atoms with van der Waals surface area (Å²) in [4.78, 5) is 40.4. The predicted molar refractivity (Wildman–Crippen MR) is 159 cm³/mol. The molecule has 1 saturated heterocycles. The molecule has 0 unspecified atom stereocenters. The third-order valence-corrected chi connectivity index (χ3v) is 7.92. The van der Waals surface area contributed by atoms with Crippen molar-refractivity contribution in [1.29, 1.82) is 0 Å². The van der Waals surface area contributed by atoms with Gasteiger partial charge < -0.3 is 24.1 Å². The second-order valence-corrected chi connectivity index (χ2v) is 12.3. The van der Waals surface area contributed by atoms with Gasteiger partial charge in [-0.1, -0.05) is 5.11 Å². The zero-order valence-corrected chi connectivity index (χ0v) is 24.3. The number of azide groups is 1. The number of piperidine rings is 1. The number of aryl methyl sites for hydroxylation is 1. The topological polar surface area (TPSA) is 143 Å². The molecule has 1 N–H and O–H groups in total. The minimum absolute atomic E-state index is 0.175. The molecule has 0 radical (unpaired) electrons. The van der Waals surface area contributed by atoms with Crippen LogP contribution in [0.3, 0.4) is 0 Å². The highest BCUT2D eigenvalue weighted by atomic mass is 16.6. The number of alkyl carbamates (subject to hydrolysis) is 1. The number of nitrogens with one attached hydrogen (secondary N) is 1. The molecular formula is C30H35N9O3. The van der Waals surface area contributed by atoms with Gasteiger partial charge in [-0.15, -0.1) is 0 Å². The fourth-order valence-corrected chi connectivity index (χ4v) is 5.69. The van der Waals surface area contributed by atoms with Crippen LogP contribution in [0.25, 0.3) is 44.0 Å². The van der Waals surface area contributed by atoms with Crippen molar-refractivity contribution in [3.05, 3.63) is 58.6 Å². The van der Waals surface area contributed by atoms with Crippen LogP contribution in [0.2, 0.25) is 0 Å². The zero-order valence-electron chi connectivity index (χ0n) is 24.3. The summed E-state index contributed by atoms with van der Waals surface area (Å²) >= 11 is 0. The molecule has 1 aromatic carbocycles. The third kappa shape index (κ3) is 5.49. The van der Waals surface area contributed by atoms with Crippen molar-refractivity contribution in [3.8, 4) is 11.5 Å². The minimum atomic E-state index is -0.679. The number of carbonyl (C=O) groups excluding carboxylic acids is 2. The number of hydrogen-bond acceptors (Lipinski definition) is 6. The summed E-state index contributed by atoms with van der Waals surface area (Å²) in [5.74, 6) is 1.31. The van der Waals surface area contributed by atoms with Crippen LogP contribution in [0, 0.1) is 5.92 Å². The molecule has 42 heavy (non-hydrogen) atoms. The largest absolute Gasteiger partial charge is 0.444 e. The molecule has 6 rings (SSSR count). The van der Waals surface area contributed by atoms with Crippen LogP contribution in [-0.4, -0.2) is 66.8 Å². The minimum Gasteiger partial charge on any atom is -0.444 e. The van der Waals surface area contributed by atoms with Gasteiger partial charge in [0, 0.05) is 48.7 Å². The average molecular weight is 570 g/mol. The van der Waals surface area contributed by atoms with Gasteiger partial charge in [-0.25, -0.2) is 14.8 Å². The van der Waals surface area contributed by atoms with Gasteiger partial charge >= 0.3 is 6.09 Å². The smallest absolute Gasteiger partial charge is 0.407 e. The standard InChI is InChI=1S/C30H35N9O3/c1-30(2,3)42-29(41)34-23-17-38(13-11-21(23)35-36-31)28(40)20-9-10-24-22(14-20)33-27(37(24)4)25-15-19-6-5-12-32-26(19)39(25)16-18-7-8-18/h5-6,9-10,12,14-15,18,21,23H,7-8,11,13,16-17H2,1-4H3,(H,34,41)/t21-,23+/m0/s1. The molecule has 2 amide bonds. The Morgan fingerprint density at radius 1 is 1.19 bits per heavy atom. The Labute approximate surface area is 243 Å². The summed E-state index contributed by atoms with van der Waals surface area (Å²) in [6.07, 6.45) is 4.09. The number of imidazole rings is 1. The Hall–Kier alpha value is -4.57. The summed E-state index contributed by atoms with van der Waals surface area (Å²) in [5, 5.41) is 7.74. The average Bonchev–Trinajstić information content (AvgIpc) is 3.62. The number of hydrogen-bond donors (Lipinski definition) is 1. The highest BCUT2D eigenvalue weighted by molar-refractivity contribution is 5.98. The molecule has 2 aliphatic rings. The van der Waals surface area contributed by atoms with E-state index < -0.39 is 23.8 Å². The predicted octanol–water partition coefficient (Wildman–Crippen LogP) is 5.42. The van der Waals surface area contributed by atoms with E-state index in [0.29, 0.717) is 24.4 Å². The number of rotatable bonds is 6. The van der Waals surface area contributed by atoms with Crippen LogP contribution < -0.4 is 5.32 Å². The van der Waals surface area contributed by atoms with Gasteiger partial charge in [0.15, 0.2) is 5.82 Å². The summed E-state index contributed by atoms with van der Waals surface area (Å²) in [6, 6.07) is 10.7.